The van der Waals surface area contributed by atoms with Gasteiger partial charge in [0.15, 0.2) is 5.78 Å². The Morgan fingerprint density at radius 2 is 1.63 bits per heavy atom. The van der Waals surface area contributed by atoms with Gasteiger partial charge in [-0.3, -0.25) is 4.79 Å². The quantitative estimate of drug-likeness (QED) is 0.509. The van der Waals surface area contributed by atoms with Crippen LogP contribution in [-0.2, 0) is 5.54 Å². The third-order valence-electron chi connectivity index (χ3n) is 4.29. The summed E-state index contributed by atoms with van der Waals surface area (Å²) in [5, 5.41) is 0. The van der Waals surface area contributed by atoms with Crippen molar-refractivity contribution in [2.24, 2.45) is 5.73 Å². The van der Waals surface area contributed by atoms with Crippen molar-refractivity contribution in [2.75, 3.05) is 6.61 Å². The molecule has 0 unspecified atom stereocenters. The van der Waals surface area contributed by atoms with Crippen LogP contribution < -0.4 is 10.5 Å². The molecule has 3 nitrogen and oxygen atoms in total. The lowest BCUT2D eigenvalue weighted by Gasteiger charge is -2.25. The molecule has 2 aromatic rings. The van der Waals surface area contributed by atoms with Crippen molar-refractivity contribution in [3.63, 3.8) is 0 Å². The van der Waals surface area contributed by atoms with Crippen molar-refractivity contribution >= 4 is 5.78 Å². The number of nitrogens with two attached hydrogens (primary N) is 1. The Balaban J connectivity index is 1.93. The summed E-state index contributed by atoms with van der Waals surface area (Å²) in [5.74, 6) is 0.425. The molecule has 0 aromatic heterocycles. The topological polar surface area (TPSA) is 52.3 Å². The number of hydrogen-bond donors (Lipinski definition) is 1. The summed E-state index contributed by atoms with van der Waals surface area (Å²) >= 11 is 0. The van der Waals surface area contributed by atoms with Gasteiger partial charge in [0.1, 0.15) is 5.75 Å². The Bertz CT molecular complexity index is 750. The normalized spacial score (nSPS) is 13.9. The Labute approximate surface area is 157 Å². The maximum absolute atomic E-state index is 12.5. The number of carbonyl (C=O) groups excluding carboxylic acids is 1. The van der Waals surface area contributed by atoms with Crippen LogP contribution in [0, 0.1) is 6.92 Å². The molecule has 2 aromatic carbocycles. The summed E-state index contributed by atoms with van der Waals surface area (Å²) in [7, 11) is 0. The average Bonchev–Trinajstić information content (AvgIpc) is 2.58. The van der Waals surface area contributed by atoms with E-state index in [9.17, 15) is 18.0 Å². The van der Waals surface area contributed by atoms with Crippen LogP contribution in [0.25, 0.3) is 0 Å². The van der Waals surface area contributed by atoms with Crippen LogP contribution in [0.1, 0.15) is 47.7 Å². The number of ether oxygens (including phenoxy) is 1. The second-order valence-electron chi connectivity index (χ2n) is 6.98. The van der Waals surface area contributed by atoms with Crippen LogP contribution in [0.15, 0.2) is 48.5 Å². The molecule has 0 amide bonds. The zero-order valence-corrected chi connectivity index (χ0v) is 15.5. The van der Waals surface area contributed by atoms with E-state index in [1.54, 1.807) is 43.3 Å². The number of carbonyl (C=O) groups is 1. The highest BCUT2D eigenvalue weighted by molar-refractivity contribution is 5.96. The highest BCUT2D eigenvalue weighted by Gasteiger charge is 2.27. The first-order valence-electron chi connectivity index (χ1n) is 8.76. The van der Waals surface area contributed by atoms with E-state index in [1.165, 1.54) is 0 Å². The first-order valence-corrected chi connectivity index (χ1v) is 8.76. The van der Waals surface area contributed by atoms with Crippen LogP contribution in [0.5, 0.6) is 5.75 Å². The Hall–Kier alpha value is -2.34. The van der Waals surface area contributed by atoms with Gasteiger partial charge in [-0.1, -0.05) is 42.0 Å². The Morgan fingerprint density at radius 1 is 1.04 bits per heavy atom. The molecule has 2 rings (SSSR count). The predicted molar refractivity (Wildman–Crippen MR) is 98.9 cm³/mol. The summed E-state index contributed by atoms with van der Waals surface area (Å²) in [6.07, 6.45) is -4.99. The second kappa shape index (κ2) is 8.57. The first kappa shape index (κ1) is 21.0. The van der Waals surface area contributed by atoms with Gasteiger partial charge in [0.05, 0.1) is 6.61 Å². The summed E-state index contributed by atoms with van der Waals surface area (Å²) in [6.45, 7) is 3.72. The van der Waals surface area contributed by atoms with Crippen molar-refractivity contribution < 1.29 is 22.7 Å². The fraction of sp³-hybridized carbons (Fsp3) is 0.381. The summed E-state index contributed by atoms with van der Waals surface area (Å²) in [4.78, 5) is 12.5. The molecule has 0 saturated carbocycles. The molecule has 0 aliphatic rings. The summed E-state index contributed by atoms with van der Waals surface area (Å²) < 4.78 is 41.7. The minimum Gasteiger partial charge on any atom is -0.494 e. The van der Waals surface area contributed by atoms with E-state index in [1.807, 2.05) is 19.1 Å². The number of rotatable bonds is 8. The molecule has 0 spiro atoms. The number of Topliss-reactive ketones (excluding diaryl/α,β-unsaturated/α-hetero) is 1. The molecule has 0 bridgehead atoms. The van der Waals surface area contributed by atoms with E-state index in [0.717, 1.165) is 11.1 Å². The smallest absolute Gasteiger partial charge is 0.389 e. The van der Waals surface area contributed by atoms with Crippen molar-refractivity contribution in [3.8, 4) is 5.75 Å². The van der Waals surface area contributed by atoms with E-state index in [-0.39, 0.29) is 25.2 Å². The molecule has 1 atom stereocenters. The standard InChI is InChI=1S/C21H24F3NO2/c1-15-4-6-16(7-5-15)19(26)14-20(2,25)17-8-10-18(11-9-17)27-13-3-12-21(22,23)24/h4-11H,3,12-14,25H2,1-2H3/t20-/m1/s1. The van der Waals surface area contributed by atoms with Crippen molar-refractivity contribution in [3.05, 3.63) is 65.2 Å². The van der Waals surface area contributed by atoms with Gasteiger partial charge in [-0.25, -0.2) is 0 Å². The molecule has 0 aliphatic carbocycles. The van der Waals surface area contributed by atoms with Crippen molar-refractivity contribution in [2.45, 2.75) is 44.8 Å². The zero-order chi connectivity index (χ0) is 20.1. The van der Waals surface area contributed by atoms with Gasteiger partial charge in [-0.05, 0) is 38.0 Å². The van der Waals surface area contributed by atoms with Crippen molar-refractivity contribution in [1.29, 1.82) is 0 Å². The highest BCUT2D eigenvalue weighted by Crippen LogP contribution is 2.26. The number of aryl methyl sites for hydroxylation is 1. The van der Waals surface area contributed by atoms with Crippen LogP contribution in [0.3, 0.4) is 0 Å². The van der Waals surface area contributed by atoms with Gasteiger partial charge in [0, 0.05) is 23.9 Å². The number of alkyl halides is 3. The second-order valence-corrected chi connectivity index (χ2v) is 6.98. The lowest BCUT2D eigenvalue weighted by Crippen LogP contribution is -2.35. The average molecular weight is 379 g/mol. The predicted octanol–water partition coefficient (Wildman–Crippen LogP) is 5.16. The van der Waals surface area contributed by atoms with Gasteiger partial charge in [0.25, 0.3) is 0 Å². The first-order chi connectivity index (χ1) is 12.6. The van der Waals surface area contributed by atoms with E-state index in [2.05, 4.69) is 0 Å². The van der Waals surface area contributed by atoms with E-state index < -0.39 is 18.1 Å². The third kappa shape index (κ3) is 6.71. The Kier molecular flexibility index (Phi) is 6.65. The molecule has 0 saturated heterocycles. The van der Waals surface area contributed by atoms with Gasteiger partial charge in [-0.15, -0.1) is 0 Å². The molecule has 2 N–H and O–H groups in total. The molecular weight excluding hydrogens is 355 g/mol. The molecule has 0 aliphatic heterocycles. The SMILES string of the molecule is Cc1ccc(C(=O)C[C@@](C)(N)c2ccc(OCCCC(F)(F)F)cc2)cc1. The van der Waals surface area contributed by atoms with Crippen LogP contribution in [-0.4, -0.2) is 18.6 Å². The largest absolute Gasteiger partial charge is 0.494 e. The van der Waals surface area contributed by atoms with Gasteiger partial charge < -0.3 is 10.5 Å². The zero-order valence-electron chi connectivity index (χ0n) is 15.5. The van der Waals surface area contributed by atoms with Gasteiger partial charge in [-0.2, -0.15) is 13.2 Å². The maximum Gasteiger partial charge on any atom is 0.389 e. The molecule has 27 heavy (non-hydrogen) atoms. The fourth-order valence-corrected chi connectivity index (χ4v) is 2.67. The molecule has 146 valence electrons. The lowest BCUT2D eigenvalue weighted by molar-refractivity contribution is -0.136. The molecule has 0 fully saturated rings. The molecule has 0 radical (unpaired) electrons. The molecular formula is C21H24F3NO2. The Morgan fingerprint density at radius 3 is 2.19 bits per heavy atom. The number of ketones is 1. The van der Waals surface area contributed by atoms with E-state index in [0.29, 0.717) is 11.3 Å². The fourth-order valence-electron chi connectivity index (χ4n) is 2.67. The molecule has 6 heteroatoms. The summed E-state index contributed by atoms with van der Waals surface area (Å²) in [5.41, 5.74) is 7.92. The van der Waals surface area contributed by atoms with Crippen LogP contribution in [0.4, 0.5) is 13.2 Å². The molecule has 0 heterocycles. The van der Waals surface area contributed by atoms with Crippen LogP contribution in [0.2, 0.25) is 0 Å². The minimum absolute atomic E-state index is 0.00927. The lowest BCUT2D eigenvalue weighted by atomic mass is 9.86. The van der Waals surface area contributed by atoms with Crippen LogP contribution >= 0.6 is 0 Å². The highest BCUT2D eigenvalue weighted by atomic mass is 19.4. The summed E-state index contributed by atoms with van der Waals surface area (Å²) in [6, 6.07) is 14.1. The monoisotopic (exact) mass is 379 g/mol. The van der Waals surface area contributed by atoms with E-state index >= 15 is 0 Å². The van der Waals surface area contributed by atoms with E-state index in [4.69, 9.17) is 10.5 Å². The number of hydrogen-bond acceptors (Lipinski definition) is 3. The van der Waals surface area contributed by atoms with Gasteiger partial charge >= 0.3 is 6.18 Å². The third-order valence-corrected chi connectivity index (χ3v) is 4.29. The van der Waals surface area contributed by atoms with Crippen molar-refractivity contribution in [1.82, 2.24) is 0 Å². The minimum atomic E-state index is -4.17. The van der Waals surface area contributed by atoms with Gasteiger partial charge in [0.2, 0.25) is 0 Å². The maximum atomic E-state index is 12.5. The number of halogens is 3. The number of benzene rings is 2.